The number of nitrogens with zero attached hydrogens (tertiary/aromatic N) is 2. The van der Waals surface area contributed by atoms with Crippen molar-refractivity contribution in [2.75, 3.05) is 16.8 Å². The van der Waals surface area contributed by atoms with Crippen LogP contribution in [0.25, 0.3) is 0 Å². The molecule has 2 amide bonds. The number of fused-ring (bicyclic) bond motifs is 2. The second kappa shape index (κ2) is 8.45. The fourth-order valence-electron chi connectivity index (χ4n) is 3.27. The molecule has 0 saturated heterocycles. The summed E-state index contributed by atoms with van der Waals surface area (Å²) < 4.78 is 14.0. The van der Waals surface area contributed by atoms with E-state index in [2.05, 4.69) is 10.3 Å². The number of halogens is 2. The Hall–Kier alpha value is -2.90. The summed E-state index contributed by atoms with van der Waals surface area (Å²) in [4.78, 5) is 32.2. The summed E-state index contributed by atoms with van der Waals surface area (Å²) in [6.45, 7) is 2.40. The molecule has 0 radical (unpaired) electrons. The molecule has 4 rings (SSSR count). The van der Waals surface area contributed by atoms with Crippen LogP contribution in [0.1, 0.15) is 22.8 Å². The van der Waals surface area contributed by atoms with Gasteiger partial charge in [0.05, 0.1) is 17.7 Å². The largest absolute Gasteiger partial charge is 0.326 e. The highest BCUT2D eigenvalue weighted by atomic mass is 35.5. The summed E-state index contributed by atoms with van der Waals surface area (Å²) in [6, 6.07) is 13.1. The molecular formula is C22H17ClFN3O2S. The number of anilines is 2. The van der Waals surface area contributed by atoms with E-state index in [4.69, 9.17) is 11.6 Å². The Morgan fingerprint density at radius 2 is 2.07 bits per heavy atom. The summed E-state index contributed by atoms with van der Waals surface area (Å²) in [6.07, 6.45) is 1.46. The minimum atomic E-state index is -0.519. The number of carbonyl (C=O) groups is 2. The highest BCUT2D eigenvalue weighted by Gasteiger charge is 2.27. The van der Waals surface area contributed by atoms with Crippen LogP contribution in [0.15, 0.2) is 64.6 Å². The maximum Gasteiger partial charge on any atom is 0.261 e. The molecule has 8 heteroatoms. The predicted octanol–water partition coefficient (Wildman–Crippen LogP) is 5.19. The van der Waals surface area contributed by atoms with E-state index in [1.54, 1.807) is 47.5 Å². The van der Waals surface area contributed by atoms with Crippen molar-refractivity contribution in [3.63, 3.8) is 0 Å². The average molecular weight is 442 g/mol. The molecule has 0 spiro atoms. The Labute approximate surface area is 182 Å². The molecule has 30 heavy (non-hydrogen) atoms. The Morgan fingerprint density at radius 3 is 2.83 bits per heavy atom. The molecule has 2 heterocycles. The number of hydrogen-bond donors (Lipinski definition) is 1. The van der Waals surface area contributed by atoms with E-state index in [1.165, 1.54) is 23.9 Å². The standard InChI is InChI=1S/C22H17ClFN3O2S/c1-2-27-18-9-8-13(26-20(28)12-15-16(23)6-3-7-17(15)24)11-19(18)30-21-14(22(27)29)5-4-10-25-21/h3-11H,2,12H2,1H3,(H,26,28). The first-order chi connectivity index (χ1) is 14.5. The van der Waals surface area contributed by atoms with Gasteiger partial charge in [0.15, 0.2) is 0 Å². The summed E-state index contributed by atoms with van der Waals surface area (Å²) in [5.74, 6) is -1.02. The van der Waals surface area contributed by atoms with E-state index in [-0.39, 0.29) is 28.8 Å². The molecular weight excluding hydrogens is 425 g/mol. The van der Waals surface area contributed by atoms with Crippen LogP contribution < -0.4 is 10.2 Å². The van der Waals surface area contributed by atoms with Gasteiger partial charge in [-0.3, -0.25) is 9.59 Å². The fraction of sp³-hybridized carbons (Fsp3) is 0.136. The van der Waals surface area contributed by atoms with Crippen molar-refractivity contribution in [2.45, 2.75) is 23.3 Å². The van der Waals surface area contributed by atoms with E-state index in [0.717, 1.165) is 10.6 Å². The molecule has 1 aliphatic heterocycles. The van der Waals surface area contributed by atoms with Gasteiger partial charge in [-0.2, -0.15) is 0 Å². The molecule has 152 valence electrons. The van der Waals surface area contributed by atoms with Gasteiger partial charge in [0.2, 0.25) is 5.91 Å². The molecule has 3 aromatic rings. The topological polar surface area (TPSA) is 62.3 Å². The number of rotatable bonds is 4. The molecule has 1 N–H and O–H groups in total. The zero-order valence-corrected chi connectivity index (χ0v) is 17.6. The van der Waals surface area contributed by atoms with Gasteiger partial charge in [0.1, 0.15) is 10.8 Å². The molecule has 0 aliphatic carbocycles. The van der Waals surface area contributed by atoms with E-state index < -0.39 is 5.82 Å². The van der Waals surface area contributed by atoms with Gasteiger partial charge in [-0.15, -0.1) is 0 Å². The third-order valence-corrected chi connectivity index (χ3v) is 6.12. The quantitative estimate of drug-likeness (QED) is 0.605. The second-order valence-corrected chi connectivity index (χ2v) is 8.05. The van der Waals surface area contributed by atoms with E-state index in [1.807, 2.05) is 6.92 Å². The summed E-state index contributed by atoms with van der Waals surface area (Å²) in [5.41, 5.74) is 1.99. The van der Waals surface area contributed by atoms with Crippen molar-refractivity contribution in [3.05, 3.63) is 76.7 Å². The first-order valence-corrected chi connectivity index (χ1v) is 10.5. The molecule has 0 fully saturated rings. The third kappa shape index (κ3) is 3.91. The second-order valence-electron chi connectivity index (χ2n) is 6.62. The van der Waals surface area contributed by atoms with Crippen LogP contribution in [0.4, 0.5) is 15.8 Å². The van der Waals surface area contributed by atoms with Gasteiger partial charge < -0.3 is 10.2 Å². The lowest BCUT2D eigenvalue weighted by Gasteiger charge is -2.21. The van der Waals surface area contributed by atoms with Gasteiger partial charge in [0.25, 0.3) is 5.91 Å². The van der Waals surface area contributed by atoms with Gasteiger partial charge in [-0.05, 0) is 49.4 Å². The van der Waals surface area contributed by atoms with Crippen LogP contribution in [0.5, 0.6) is 0 Å². The number of hydrogen-bond acceptors (Lipinski definition) is 4. The van der Waals surface area contributed by atoms with Gasteiger partial charge in [-0.25, -0.2) is 9.37 Å². The Kier molecular flexibility index (Phi) is 5.74. The summed E-state index contributed by atoms with van der Waals surface area (Å²) in [7, 11) is 0. The Morgan fingerprint density at radius 1 is 1.23 bits per heavy atom. The number of nitrogens with one attached hydrogen (secondary N) is 1. The lowest BCUT2D eigenvalue weighted by Crippen LogP contribution is -2.30. The molecule has 1 aliphatic rings. The highest BCUT2D eigenvalue weighted by Crippen LogP contribution is 2.41. The van der Waals surface area contributed by atoms with Crippen LogP contribution >= 0.6 is 23.4 Å². The molecule has 0 bridgehead atoms. The molecule has 2 aromatic carbocycles. The molecule has 5 nitrogen and oxygen atoms in total. The minimum absolute atomic E-state index is 0.113. The predicted molar refractivity (Wildman–Crippen MR) is 116 cm³/mol. The van der Waals surface area contributed by atoms with Crippen LogP contribution in [0, 0.1) is 5.82 Å². The summed E-state index contributed by atoms with van der Waals surface area (Å²) in [5, 5.41) is 3.60. The zero-order valence-electron chi connectivity index (χ0n) is 16.0. The van der Waals surface area contributed by atoms with E-state index in [9.17, 15) is 14.0 Å². The number of amides is 2. The van der Waals surface area contributed by atoms with Crippen LogP contribution in [0.3, 0.4) is 0 Å². The lowest BCUT2D eigenvalue weighted by molar-refractivity contribution is -0.115. The van der Waals surface area contributed by atoms with Crippen molar-refractivity contribution in [1.29, 1.82) is 0 Å². The molecule has 0 saturated carbocycles. The van der Waals surface area contributed by atoms with Crippen LogP contribution in [-0.4, -0.2) is 23.3 Å². The SMILES string of the molecule is CCN1C(=O)c2cccnc2Sc2cc(NC(=O)Cc3c(F)cccc3Cl)ccc21. The number of pyridine rings is 1. The number of benzene rings is 2. The van der Waals surface area contributed by atoms with Gasteiger partial charge >= 0.3 is 0 Å². The lowest BCUT2D eigenvalue weighted by atomic mass is 10.1. The van der Waals surface area contributed by atoms with Crippen molar-refractivity contribution >= 4 is 46.6 Å². The smallest absolute Gasteiger partial charge is 0.261 e. The van der Waals surface area contributed by atoms with Crippen molar-refractivity contribution < 1.29 is 14.0 Å². The first kappa shape index (κ1) is 20.4. The monoisotopic (exact) mass is 441 g/mol. The maximum absolute atomic E-state index is 14.0. The highest BCUT2D eigenvalue weighted by molar-refractivity contribution is 7.99. The molecule has 1 aromatic heterocycles. The van der Waals surface area contributed by atoms with Crippen molar-refractivity contribution in [2.24, 2.45) is 0 Å². The fourth-order valence-corrected chi connectivity index (χ4v) is 4.56. The first-order valence-electron chi connectivity index (χ1n) is 9.29. The maximum atomic E-state index is 14.0. The van der Waals surface area contributed by atoms with E-state index in [0.29, 0.717) is 22.8 Å². The Balaban J connectivity index is 1.62. The minimum Gasteiger partial charge on any atom is -0.326 e. The summed E-state index contributed by atoms with van der Waals surface area (Å²) >= 11 is 7.39. The van der Waals surface area contributed by atoms with Crippen molar-refractivity contribution in [1.82, 2.24) is 4.98 Å². The molecule has 0 atom stereocenters. The normalized spacial score (nSPS) is 12.8. The zero-order chi connectivity index (χ0) is 21.3. The van der Waals surface area contributed by atoms with Crippen LogP contribution in [-0.2, 0) is 11.2 Å². The molecule has 0 unspecified atom stereocenters. The van der Waals surface area contributed by atoms with E-state index >= 15 is 0 Å². The van der Waals surface area contributed by atoms with Crippen LogP contribution in [0.2, 0.25) is 5.02 Å². The van der Waals surface area contributed by atoms with Gasteiger partial charge in [-0.1, -0.05) is 29.4 Å². The van der Waals surface area contributed by atoms with Gasteiger partial charge in [0, 0.05) is 33.9 Å². The van der Waals surface area contributed by atoms with Crippen molar-refractivity contribution in [3.8, 4) is 0 Å². The number of aromatic nitrogens is 1. The third-order valence-electron chi connectivity index (χ3n) is 4.70. The number of carbonyl (C=O) groups excluding carboxylic acids is 2. The Bertz CT molecular complexity index is 1130. The average Bonchev–Trinajstić information content (AvgIpc) is 2.84.